The van der Waals surface area contributed by atoms with E-state index in [9.17, 15) is 0 Å². The van der Waals surface area contributed by atoms with Crippen molar-refractivity contribution in [2.45, 2.75) is 46.0 Å². The monoisotopic (exact) mass is 224 g/mol. The Hall–Kier alpha value is -0.0800. The topological polar surface area (TPSA) is 15.3 Å². The fraction of sp³-hybridized carbons (Fsp3) is 1.00. The van der Waals surface area contributed by atoms with Crippen molar-refractivity contribution in [2.24, 2.45) is 11.3 Å². The molecule has 0 spiro atoms. The van der Waals surface area contributed by atoms with Crippen LogP contribution in [0.1, 0.15) is 46.0 Å². The van der Waals surface area contributed by atoms with Crippen molar-refractivity contribution in [3.05, 3.63) is 0 Å². The maximum atomic E-state index is 3.47. The first-order valence-corrected chi connectivity index (χ1v) is 7.21. The summed E-state index contributed by atoms with van der Waals surface area (Å²) in [4.78, 5) is 2.71. The molecule has 0 saturated carbocycles. The van der Waals surface area contributed by atoms with Crippen LogP contribution >= 0.6 is 0 Å². The van der Waals surface area contributed by atoms with Crippen LogP contribution in [0.25, 0.3) is 0 Å². The largest absolute Gasteiger partial charge is 0.316 e. The van der Waals surface area contributed by atoms with E-state index in [0.29, 0.717) is 5.41 Å². The number of hydrogen-bond acceptors (Lipinski definition) is 2. The molecule has 0 aliphatic carbocycles. The lowest BCUT2D eigenvalue weighted by molar-refractivity contribution is 0.232. The zero-order chi connectivity index (χ0) is 11.4. The molecule has 2 nitrogen and oxygen atoms in total. The summed E-state index contributed by atoms with van der Waals surface area (Å²) in [7, 11) is 0. The minimum atomic E-state index is 0.661. The quantitative estimate of drug-likeness (QED) is 0.772. The lowest BCUT2D eigenvalue weighted by Gasteiger charge is -2.26. The molecule has 1 N–H and O–H groups in total. The molecule has 0 amide bonds. The standard InChI is InChI=1S/C14H28N2/c1-3-14(4-2)7-10-16(12-14)9-6-13-5-8-15-11-13/h13,15H,3-12H2,1-2H3. The average Bonchev–Trinajstić information content (AvgIpc) is 2.96. The predicted molar refractivity (Wildman–Crippen MR) is 69.7 cm³/mol. The van der Waals surface area contributed by atoms with Gasteiger partial charge in [-0.15, -0.1) is 0 Å². The highest BCUT2D eigenvalue weighted by atomic mass is 15.2. The Morgan fingerprint density at radius 2 is 2.12 bits per heavy atom. The Labute approximate surface area is 101 Å². The van der Waals surface area contributed by atoms with Gasteiger partial charge in [0.2, 0.25) is 0 Å². The summed E-state index contributed by atoms with van der Waals surface area (Å²) in [5.41, 5.74) is 0.661. The zero-order valence-electron chi connectivity index (χ0n) is 11.1. The Kier molecular flexibility index (Phi) is 4.26. The first kappa shape index (κ1) is 12.4. The van der Waals surface area contributed by atoms with Gasteiger partial charge in [0, 0.05) is 6.54 Å². The van der Waals surface area contributed by atoms with Gasteiger partial charge in [-0.3, -0.25) is 0 Å². The number of hydrogen-bond donors (Lipinski definition) is 1. The van der Waals surface area contributed by atoms with E-state index >= 15 is 0 Å². The van der Waals surface area contributed by atoms with Crippen LogP contribution in [0.3, 0.4) is 0 Å². The Balaban J connectivity index is 1.71. The number of likely N-dealkylation sites (tertiary alicyclic amines) is 1. The van der Waals surface area contributed by atoms with Crippen LogP contribution in [0.5, 0.6) is 0 Å². The average molecular weight is 224 g/mol. The number of rotatable bonds is 5. The van der Waals surface area contributed by atoms with Gasteiger partial charge >= 0.3 is 0 Å². The molecule has 2 saturated heterocycles. The molecule has 2 heterocycles. The molecule has 0 aromatic carbocycles. The summed E-state index contributed by atoms with van der Waals surface area (Å²) < 4.78 is 0. The van der Waals surface area contributed by atoms with Gasteiger partial charge in [-0.2, -0.15) is 0 Å². The van der Waals surface area contributed by atoms with Crippen LogP contribution in [0.2, 0.25) is 0 Å². The van der Waals surface area contributed by atoms with Crippen LogP contribution in [0, 0.1) is 11.3 Å². The molecule has 2 aliphatic heterocycles. The normalized spacial score (nSPS) is 30.0. The molecule has 0 bridgehead atoms. The predicted octanol–water partition coefficient (Wildman–Crippen LogP) is 2.50. The third kappa shape index (κ3) is 2.78. The van der Waals surface area contributed by atoms with E-state index in [-0.39, 0.29) is 0 Å². The molecule has 16 heavy (non-hydrogen) atoms. The second-order valence-corrected chi connectivity index (χ2v) is 5.88. The van der Waals surface area contributed by atoms with Crippen molar-refractivity contribution in [1.29, 1.82) is 0 Å². The molecule has 2 aliphatic rings. The van der Waals surface area contributed by atoms with Gasteiger partial charge in [-0.05, 0) is 69.6 Å². The van der Waals surface area contributed by atoms with Crippen LogP contribution in [0.15, 0.2) is 0 Å². The van der Waals surface area contributed by atoms with E-state index < -0.39 is 0 Å². The van der Waals surface area contributed by atoms with Gasteiger partial charge < -0.3 is 10.2 Å². The smallest absolute Gasteiger partial charge is 0.00382 e. The van der Waals surface area contributed by atoms with E-state index in [0.717, 1.165) is 5.92 Å². The second-order valence-electron chi connectivity index (χ2n) is 5.88. The van der Waals surface area contributed by atoms with Gasteiger partial charge in [0.25, 0.3) is 0 Å². The minimum absolute atomic E-state index is 0.661. The minimum Gasteiger partial charge on any atom is -0.316 e. The maximum Gasteiger partial charge on any atom is 0.00382 e. The molecule has 1 atom stereocenters. The molecule has 1 unspecified atom stereocenters. The second kappa shape index (κ2) is 5.50. The molecule has 94 valence electrons. The van der Waals surface area contributed by atoms with E-state index in [4.69, 9.17) is 0 Å². The lowest BCUT2D eigenvalue weighted by Crippen LogP contribution is -2.28. The SMILES string of the molecule is CCC1(CC)CCN(CCC2CCNC2)C1. The van der Waals surface area contributed by atoms with Crippen molar-refractivity contribution in [2.75, 3.05) is 32.7 Å². The Morgan fingerprint density at radius 3 is 2.69 bits per heavy atom. The van der Waals surface area contributed by atoms with E-state index in [1.165, 1.54) is 64.8 Å². The molecular formula is C14H28N2. The Morgan fingerprint density at radius 1 is 1.31 bits per heavy atom. The van der Waals surface area contributed by atoms with Crippen molar-refractivity contribution >= 4 is 0 Å². The summed E-state index contributed by atoms with van der Waals surface area (Å²) in [5, 5.41) is 3.47. The molecule has 0 aromatic rings. The highest BCUT2D eigenvalue weighted by Gasteiger charge is 2.34. The fourth-order valence-electron chi connectivity index (χ4n) is 3.37. The van der Waals surface area contributed by atoms with Gasteiger partial charge in [0.1, 0.15) is 0 Å². The van der Waals surface area contributed by atoms with Crippen LogP contribution in [-0.4, -0.2) is 37.6 Å². The van der Waals surface area contributed by atoms with Crippen LogP contribution in [0.4, 0.5) is 0 Å². The van der Waals surface area contributed by atoms with Crippen molar-refractivity contribution in [1.82, 2.24) is 10.2 Å². The highest BCUT2D eigenvalue weighted by Crippen LogP contribution is 2.37. The maximum absolute atomic E-state index is 3.47. The number of nitrogens with one attached hydrogen (secondary N) is 1. The highest BCUT2D eigenvalue weighted by molar-refractivity contribution is 4.88. The van der Waals surface area contributed by atoms with E-state index in [2.05, 4.69) is 24.1 Å². The molecule has 0 radical (unpaired) electrons. The van der Waals surface area contributed by atoms with Crippen LogP contribution < -0.4 is 5.32 Å². The van der Waals surface area contributed by atoms with E-state index in [1.54, 1.807) is 0 Å². The molecule has 2 heteroatoms. The summed E-state index contributed by atoms with van der Waals surface area (Å²) in [5.74, 6) is 0.957. The first-order chi connectivity index (χ1) is 7.78. The first-order valence-electron chi connectivity index (χ1n) is 7.21. The summed E-state index contributed by atoms with van der Waals surface area (Å²) in [6.45, 7) is 11.3. The van der Waals surface area contributed by atoms with Crippen molar-refractivity contribution in [3.8, 4) is 0 Å². The molecular weight excluding hydrogens is 196 g/mol. The zero-order valence-corrected chi connectivity index (χ0v) is 11.1. The van der Waals surface area contributed by atoms with Crippen LogP contribution in [-0.2, 0) is 0 Å². The van der Waals surface area contributed by atoms with Crippen molar-refractivity contribution < 1.29 is 0 Å². The van der Waals surface area contributed by atoms with Crippen molar-refractivity contribution in [3.63, 3.8) is 0 Å². The van der Waals surface area contributed by atoms with Gasteiger partial charge in [-0.1, -0.05) is 13.8 Å². The van der Waals surface area contributed by atoms with Gasteiger partial charge in [-0.25, -0.2) is 0 Å². The lowest BCUT2D eigenvalue weighted by atomic mass is 9.82. The molecule has 2 fully saturated rings. The third-order valence-corrected chi connectivity index (χ3v) is 5.03. The number of nitrogens with zero attached hydrogens (tertiary/aromatic N) is 1. The van der Waals surface area contributed by atoms with Gasteiger partial charge in [0.15, 0.2) is 0 Å². The summed E-state index contributed by atoms with van der Waals surface area (Å²) in [6.07, 6.45) is 6.98. The van der Waals surface area contributed by atoms with E-state index in [1.807, 2.05) is 0 Å². The molecule has 2 rings (SSSR count). The van der Waals surface area contributed by atoms with Gasteiger partial charge in [0.05, 0.1) is 0 Å². The fourth-order valence-corrected chi connectivity index (χ4v) is 3.37. The Bertz CT molecular complexity index is 205. The summed E-state index contributed by atoms with van der Waals surface area (Å²) in [6, 6.07) is 0. The molecule has 0 aromatic heterocycles. The third-order valence-electron chi connectivity index (χ3n) is 5.03. The summed E-state index contributed by atoms with van der Waals surface area (Å²) >= 11 is 0.